The topological polar surface area (TPSA) is 149 Å². The van der Waals surface area contributed by atoms with E-state index in [1.165, 1.54) is 11.1 Å². The Kier molecular flexibility index (Phi) is 19.1. The minimum absolute atomic E-state index is 0.0162. The van der Waals surface area contributed by atoms with Gasteiger partial charge in [-0.3, -0.25) is 13.7 Å². The van der Waals surface area contributed by atoms with Crippen LogP contribution in [0.4, 0.5) is 0 Å². The van der Waals surface area contributed by atoms with Crippen LogP contribution in [0.2, 0.25) is 10.6 Å². The summed E-state index contributed by atoms with van der Waals surface area (Å²) in [5, 5.41) is 0.204. The van der Waals surface area contributed by atoms with E-state index < -0.39 is 7.12 Å². The van der Waals surface area contributed by atoms with Crippen LogP contribution in [0.1, 0.15) is 80.4 Å². The van der Waals surface area contributed by atoms with Crippen LogP contribution in [0.3, 0.4) is 0 Å². The van der Waals surface area contributed by atoms with Gasteiger partial charge >= 0.3 is 7.12 Å². The molecule has 1 aliphatic heterocycles. The highest BCUT2D eigenvalue weighted by Crippen LogP contribution is 2.39. The maximum Gasteiger partial charge on any atom is 0.494 e. The van der Waals surface area contributed by atoms with Gasteiger partial charge in [0.15, 0.2) is 23.3 Å². The maximum atomic E-state index is 6.25. The lowest BCUT2D eigenvalue weighted by Gasteiger charge is -2.32. The summed E-state index contributed by atoms with van der Waals surface area (Å²) in [5.41, 5.74) is 18.3. The van der Waals surface area contributed by atoms with Crippen LogP contribution >= 0.6 is 23.2 Å². The molecule has 0 aliphatic carbocycles. The summed E-state index contributed by atoms with van der Waals surface area (Å²) < 4.78 is 19.1. The summed E-state index contributed by atoms with van der Waals surface area (Å²) in [6, 6.07) is 97.4. The molecule has 0 atom stereocenters. The Bertz CT molecular complexity index is 5590. The van der Waals surface area contributed by atoms with E-state index in [2.05, 4.69) is 298 Å². The number of benzene rings is 11. The zero-order valence-corrected chi connectivity index (χ0v) is 62.2. The first-order valence-corrected chi connectivity index (χ1v) is 36.2. The van der Waals surface area contributed by atoms with E-state index in [4.69, 9.17) is 62.4 Å². The van der Waals surface area contributed by atoms with E-state index in [1.54, 1.807) is 0 Å². The smallest absolute Gasteiger partial charge is 0.399 e. The molecule has 16 aromatic rings. The number of hydrogen-bond donors (Lipinski definition) is 0. The van der Waals surface area contributed by atoms with Crippen LogP contribution in [0.5, 0.6) is 0 Å². The molecule has 0 unspecified atom stereocenters. The Balaban J connectivity index is 0.000000154. The normalized spacial score (nSPS) is 13.3. The molecule has 17 rings (SSSR count). The van der Waals surface area contributed by atoms with E-state index in [0.717, 1.165) is 112 Å². The fraction of sp³-hybridized carbons (Fsp3) is 0.157. The Hall–Kier alpha value is -11.6. The SMILES string of the molecule is CC(C)(C)c1ccc(-c2nc(-c3ccc4c(c3)nc(-c3ccccc3)n4-c3ccccc3)nc(-c3ccc4c(c3)nc(-c3ccccc3)n4-c3ccccc3)n2)cc1.CC(C)(C)c1ccc(-c2nc(Cl)nc(Cl)n2)cc1.CC1(C)OB(c2ccc3c(c2)nc(-c2ccccc2)n3-c2ccccc2)OC1(C)C. The second kappa shape index (κ2) is 28.8. The Labute approximate surface area is 627 Å². The molecule has 17 heteroatoms. The molecule has 14 nitrogen and oxygen atoms in total. The van der Waals surface area contributed by atoms with E-state index >= 15 is 0 Å². The van der Waals surface area contributed by atoms with Crippen LogP contribution in [0.25, 0.3) is 130 Å². The highest BCUT2D eigenvalue weighted by atomic mass is 35.5. The van der Waals surface area contributed by atoms with Crippen LogP contribution in [-0.4, -0.2) is 76.9 Å². The highest BCUT2D eigenvalue weighted by Gasteiger charge is 2.52. The summed E-state index contributed by atoms with van der Waals surface area (Å²) in [4.78, 5) is 42.7. The number of halogens is 2. The quantitative estimate of drug-likeness (QED) is 0.114. The summed E-state index contributed by atoms with van der Waals surface area (Å²) in [7, 11) is -0.401. The first kappa shape index (κ1) is 70.1. The number of imidazole rings is 3. The zero-order chi connectivity index (χ0) is 73.5. The van der Waals surface area contributed by atoms with Crippen molar-refractivity contribution in [3.05, 3.63) is 307 Å². The van der Waals surface area contributed by atoms with Gasteiger partial charge in [-0.25, -0.2) is 29.9 Å². The third-order valence-corrected chi connectivity index (χ3v) is 19.7. The number of para-hydroxylation sites is 3. The van der Waals surface area contributed by atoms with Crippen molar-refractivity contribution in [1.29, 1.82) is 0 Å². The molecule has 1 aliphatic rings. The molecule has 1 fully saturated rings. The number of fused-ring (bicyclic) bond motifs is 3. The number of aromatic nitrogens is 12. The van der Waals surface area contributed by atoms with Gasteiger partial charge in [0, 0.05) is 56.0 Å². The van der Waals surface area contributed by atoms with Crippen molar-refractivity contribution in [2.45, 2.75) is 91.3 Å². The van der Waals surface area contributed by atoms with Gasteiger partial charge in [-0.1, -0.05) is 242 Å². The molecule has 106 heavy (non-hydrogen) atoms. The van der Waals surface area contributed by atoms with Gasteiger partial charge in [-0.15, -0.1) is 0 Å². The summed E-state index contributed by atoms with van der Waals surface area (Å²) in [5.74, 6) is 4.87. The van der Waals surface area contributed by atoms with Crippen molar-refractivity contribution in [1.82, 2.24) is 58.6 Å². The first-order valence-electron chi connectivity index (χ1n) is 35.4. The molecule has 0 amide bonds. The lowest BCUT2D eigenvalue weighted by atomic mass is 9.79. The summed E-state index contributed by atoms with van der Waals surface area (Å²) in [6.07, 6.45) is 0. The molecule has 0 bridgehead atoms. The zero-order valence-electron chi connectivity index (χ0n) is 60.7. The third kappa shape index (κ3) is 14.5. The van der Waals surface area contributed by atoms with E-state index in [1.807, 2.05) is 84.9 Å². The Morgan fingerprint density at radius 1 is 0.292 bits per heavy atom. The van der Waals surface area contributed by atoms with Gasteiger partial charge < -0.3 is 9.31 Å². The van der Waals surface area contributed by atoms with Crippen molar-refractivity contribution in [3.8, 4) is 96.8 Å². The predicted octanol–water partition coefficient (Wildman–Crippen LogP) is 21.3. The minimum Gasteiger partial charge on any atom is -0.399 e. The molecule has 0 saturated carbocycles. The molecular formula is C89H77BCl2N12O2. The maximum absolute atomic E-state index is 6.25. The van der Waals surface area contributed by atoms with Crippen molar-refractivity contribution in [2.75, 3.05) is 0 Å². The number of nitrogens with zero attached hydrogens (tertiary/aromatic N) is 12. The number of rotatable bonds is 11. The first-order chi connectivity index (χ1) is 51.1. The predicted molar refractivity (Wildman–Crippen MR) is 431 cm³/mol. The number of hydrogen-bond acceptors (Lipinski definition) is 11. The second-order valence-electron chi connectivity index (χ2n) is 29.3. The van der Waals surface area contributed by atoms with Gasteiger partial charge in [-0.2, -0.15) is 15.0 Å². The average Bonchev–Trinajstić information content (AvgIpc) is 1.59. The molecule has 11 aromatic carbocycles. The molecule has 1 saturated heterocycles. The molecule has 0 spiro atoms. The minimum atomic E-state index is -0.401. The van der Waals surface area contributed by atoms with Gasteiger partial charge in [0.25, 0.3) is 0 Å². The van der Waals surface area contributed by atoms with Crippen molar-refractivity contribution in [3.63, 3.8) is 0 Å². The lowest BCUT2D eigenvalue weighted by molar-refractivity contribution is 0.00578. The lowest BCUT2D eigenvalue weighted by Crippen LogP contribution is -2.41. The van der Waals surface area contributed by atoms with E-state index in [-0.39, 0.29) is 32.6 Å². The van der Waals surface area contributed by atoms with E-state index in [0.29, 0.717) is 23.3 Å². The second-order valence-corrected chi connectivity index (χ2v) is 30.0. The van der Waals surface area contributed by atoms with Gasteiger partial charge in [-0.05, 0) is 163 Å². The standard InChI is InChI=1S/C51H39N7.C25H25BN2O2.C13H13Cl2N3/c1-51(2,3)39-28-24-34(25-29-39)46-54-47(37-26-30-44-42(32-37)52-49(35-16-8-4-9-17-35)57(44)40-20-12-6-13-21-40)56-48(55-46)38-27-31-45-43(33-38)53-50(36-18-10-5-11-19-36)58(45)41-22-14-7-15-23-41;1-24(2)25(3,4)30-26(29-24)19-15-16-22-21(17-19)27-23(18-11-7-5-8-12-18)28(22)20-13-9-6-10-14-20;1-13(2,3)9-6-4-8(5-7-9)10-16-11(14)18-12(15)17-10/h4-33H,1-3H3;5-17H,1-4H3;4-7H,1-3H3. The monoisotopic (exact) mass is 1430 g/mol. The largest absolute Gasteiger partial charge is 0.494 e. The van der Waals surface area contributed by atoms with Gasteiger partial charge in [0.2, 0.25) is 10.6 Å². The molecule has 0 N–H and O–H groups in total. The van der Waals surface area contributed by atoms with Crippen molar-refractivity contribution >= 4 is 68.9 Å². The van der Waals surface area contributed by atoms with Crippen LogP contribution in [0, 0.1) is 0 Å². The molecule has 522 valence electrons. The Morgan fingerprint density at radius 3 is 0.906 bits per heavy atom. The molecular weight excluding hydrogens is 1350 g/mol. The Morgan fingerprint density at radius 2 is 0.575 bits per heavy atom. The van der Waals surface area contributed by atoms with E-state index in [9.17, 15) is 0 Å². The highest BCUT2D eigenvalue weighted by molar-refractivity contribution is 6.62. The molecule has 5 aromatic heterocycles. The van der Waals surface area contributed by atoms with Crippen LogP contribution < -0.4 is 5.46 Å². The fourth-order valence-electron chi connectivity index (χ4n) is 13.0. The fourth-order valence-corrected chi connectivity index (χ4v) is 13.3. The van der Waals surface area contributed by atoms with Crippen LogP contribution in [-0.2, 0) is 20.1 Å². The molecule has 0 radical (unpaired) electrons. The third-order valence-electron chi connectivity index (χ3n) is 19.4. The van der Waals surface area contributed by atoms with Gasteiger partial charge in [0.05, 0.1) is 44.3 Å². The van der Waals surface area contributed by atoms with Crippen molar-refractivity contribution in [2.24, 2.45) is 0 Å². The average molecular weight is 1430 g/mol. The summed E-state index contributed by atoms with van der Waals surface area (Å²) in [6.45, 7) is 21.4. The molecule has 6 heterocycles. The van der Waals surface area contributed by atoms with Crippen molar-refractivity contribution < 1.29 is 9.31 Å². The van der Waals surface area contributed by atoms with Gasteiger partial charge in [0.1, 0.15) is 17.5 Å². The van der Waals surface area contributed by atoms with Crippen LogP contribution in [0.15, 0.2) is 285 Å². The summed E-state index contributed by atoms with van der Waals surface area (Å²) >= 11 is 11.5.